The molecule has 0 aromatic rings. The number of likely N-dealkylation sites (tertiary alicyclic amines) is 1. The van der Waals surface area contributed by atoms with Crippen LogP contribution in [0.4, 0.5) is 0 Å². The Bertz CT molecular complexity index is 269. The van der Waals surface area contributed by atoms with Crippen LogP contribution in [0, 0.1) is 17.8 Å². The fraction of sp³-hybridized carbons (Fsp3) is 1.00. The highest BCUT2D eigenvalue weighted by Gasteiger charge is 2.36. The summed E-state index contributed by atoms with van der Waals surface area (Å²) < 4.78 is 0. The van der Waals surface area contributed by atoms with Gasteiger partial charge in [-0.1, -0.05) is 13.8 Å². The number of nitrogens with one attached hydrogen (secondary N) is 1. The third kappa shape index (κ3) is 4.71. The molecule has 3 heteroatoms. The summed E-state index contributed by atoms with van der Waals surface area (Å²) in [5.74, 6) is 2.62. The fourth-order valence-electron chi connectivity index (χ4n) is 3.81. The van der Waals surface area contributed by atoms with Gasteiger partial charge < -0.3 is 15.1 Å². The Balaban J connectivity index is 1.66. The highest BCUT2D eigenvalue weighted by Crippen LogP contribution is 2.34. The molecule has 1 aliphatic carbocycles. The summed E-state index contributed by atoms with van der Waals surface area (Å²) in [5, 5.41) is 3.66. The van der Waals surface area contributed by atoms with E-state index < -0.39 is 0 Å². The van der Waals surface area contributed by atoms with Gasteiger partial charge in [0.25, 0.3) is 0 Å². The van der Waals surface area contributed by atoms with E-state index in [0.29, 0.717) is 0 Å². The van der Waals surface area contributed by atoms with E-state index in [0.717, 1.165) is 23.8 Å². The molecule has 0 spiro atoms. The Kier molecular flexibility index (Phi) is 6.31. The average Bonchev–Trinajstić information content (AvgIpc) is 2.34. The second-order valence-electron chi connectivity index (χ2n) is 7.70. The Morgan fingerprint density at radius 2 is 1.80 bits per heavy atom. The zero-order chi connectivity index (χ0) is 14.5. The molecule has 1 N–H and O–H groups in total. The third-order valence-electron chi connectivity index (χ3n) is 5.08. The molecule has 1 aliphatic heterocycles. The summed E-state index contributed by atoms with van der Waals surface area (Å²) >= 11 is 0. The van der Waals surface area contributed by atoms with E-state index in [9.17, 15) is 0 Å². The molecule has 1 heterocycles. The van der Waals surface area contributed by atoms with Crippen LogP contribution >= 0.6 is 0 Å². The van der Waals surface area contributed by atoms with E-state index in [-0.39, 0.29) is 0 Å². The number of hydrogen-bond donors (Lipinski definition) is 1. The Labute approximate surface area is 126 Å². The summed E-state index contributed by atoms with van der Waals surface area (Å²) in [5.41, 5.74) is 0. The molecule has 0 radical (unpaired) electrons. The van der Waals surface area contributed by atoms with Gasteiger partial charge in [-0.05, 0) is 83.7 Å². The van der Waals surface area contributed by atoms with Gasteiger partial charge in [0, 0.05) is 12.6 Å². The summed E-state index contributed by atoms with van der Waals surface area (Å²) in [6, 6.07) is 0.884. The maximum Gasteiger partial charge on any atom is 0.0136 e. The zero-order valence-corrected chi connectivity index (χ0v) is 14.1. The first kappa shape index (κ1) is 16.3. The number of nitrogens with zero attached hydrogens (tertiary/aromatic N) is 2. The molecule has 0 aromatic carbocycles. The second kappa shape index (κ2) is 7.77. The van der Waals surface area contributed by atoms with Crippen molar-refractivity contribution in [3.05, 3.63) is 0 Å². The maximum atomic E-state index is 3.66. The number of piperidine rings is 1. The highest BCUT2D eigenvalue weighted by atomic mass is 15.2. The summed E-state index contributed by atoms with van der Waals surface area (Å²) in [6.45, 7) is 10.9. The lowest BCUT2D eigenvalue weighted by atomic mass is 9.77. The molecule has 0 bridgehead atoms. The normalized spacial score (nSPS) is 29.1. The molecular formula is C17H35N3. The van der Waals surface area contributed by atoms with Gasteiger partial charge in [0.05, 0.1) is 0 Å². The van der Waals surface area contributed by atoms with Crippen molar-refractivity contribution >= 4 is 0 Å². The minimum absolute atomic E-state index is 0.773. The first-order chi connectivity index (χ1) is 9.56. The van der Waals surface area contributed by atoms with E-state index in [1.165, 1.54) is 58.4 Å². The quantitative estimate of drug-likeness (QED) is 0.772. The number of hydrogen-bond acceptors (Lipinski definition) is 3. The van der Waals surface area contributed by atoms with Gasteiger partial charge in [0.2, 0.25) is 0 Å². The van der Waals surface area contributed by atoms with Crippen LogP contribution in [0.3, 0.4) is 0 Å². The van der Waals surface area contributed by atoms with Crippen molar-refractivity contribution in [2.24, 2.45) is 17.8 Å². The standard InChI is InChI=1S/C17H35N3/c1-14(2)11-18-12-16-5-6-17(16)20-9-7-15(8-10-20)13-19(3)4/h14-18H,5-13H2,1-4H3. The highest BCUT2D eigenvalue weighted by molar-refractivity contribution is 4.92. The lowest BCUT2D eigenvalue weighted by Gasteiger charge is -2.47. The van der Waals surface area contributed by atoms with Crippen molar-refractivity contribution < 1.29 is 0 Å². The van der Waals surface area contributed by atoms with E-state index in [1.54, 1.807) is 0 Å². The van der Waals surface area contributed by atoms with E-state index in [1.807, 2.05) is 0 Å². The van der Waals surface area contributed by atoms with Gasteiger partial charge in [-0.3, -0.25) is 0 Å². The van der Waals surface area contributed by atoms with E-state index in [2.05, 4.69) is 43.1 Å². The third-order valence-corrected chi connectivity index (χ3v) is 5.08. The largest absolute Gasteiger partial charge is 0.316 e. The van der Waals surface area contributed by atoms with Crippen LogP contribution in [0.2, 0.25) is 0 Å². The first-order valence-electron chi connectivity index (χ1n) is 8.65. The van der Waals surface area contributed by atoms with Gasteiger partial charge in [0.15, 0.2) is 0 Å². The van der Waals surface area contributed by atoms with Gasteiger partial charge >= 0.3 is 0 Å². The maximum absolute atomic E-state index is 3.66. The van der Waals surface area contributed by atoms with Crippen LogP contribution in [0.25, 0.3) is 0 Å². The van der Waals surface area contributed by atoms with Gasteiger partial charge in [-0.2, -0.15) is 0 Å². The molecular weight excluding hydrogens is 246 g/mol. The molecule has 2 fully saturated rings. The van der Waals surface area contributed by atoms with Crippen LogP contribution in [0.5, 0.6) is 0 Å². The molecule has 0 aromatic heterocycles. The lowest BCUT2D eigenvalue weighted by Crippen LogP contribution is -2.53. The van der Waals surface area contributed by atoms with Crippen molar-refractivity contribution in [2.45, 2.75) is 45.6 Å². The molecule has 20 heavy (non-hydrogen) atoms. The van der Waals surface area contributed by atoms with Crippen LogP contribution in [-0.2, 0) is 0 Å². The van der Waals surface area contributed by atoms with Crippen molar-refractivity contribution in [1.29, 1.82) is 0 Å². The monoisotopic (exact) mass is 281 g/mol. The zero-order valence-electron chi connectivity index (χ0n) is 14.1. The molecule has 0 amide bonds. The molecule has 1 saturated heterocycles. The molecule has 2 unspecified atom stereocenters. The second-order valence-corrected chi connectivity index (χ2v) is 7.70. The van der Waals surface area contributed by atoms with Crippen LogP contribution in [-0.4, -0.2) is 62.7 Å². The Morgan fingerprint density at radius 3 is 2.30 bits per heavy atom. The smallest absolute Gasteiger partial charge is 0.0136 e. The van der Waals surface area contributed by atoms with E-state index in [4.69, 9.17) is 0 Å². The Morgan fingerprint density at radius 1 is 1.10 bits per heavy atom. The van der Waals surface area contributed by atoms with Gasteiger partial charge in [-0.25, -0.2) is 0 Å². The summed E-state index contributed by atoms with van der Waals surface area (Å²) in [6.07, 6.45) is 5.68. The Hall–Kier alpha value is -0.120. The van der Waals surface area contributed by atoms with Crippen LogP contribution in [0.15, 0.2) is 0 Å². The molecule has 1 saturated carbocycles. The van der Waals surface area contributed by atoms with Crippen molar-refractivity contribution in [3.8, 4) is 0 Å². The predicted octanol–water partition coefficient (Wildman–Crippen LogP) is 2.28. The molecule has 118 valence electrons. The number of rotatable bonds is 7. The van der Waals surface area contributed by atoms with Crippen molar-refractivity contribution in [3.63, 3.8) is 0 Å². The van der Waals surface area contributed by atoms with Crippen molar-refractivity contribution in [2.75, 3.05) is 46.8 Å². The fourth-order valence-corrected chi connectivity index (χ4v) is 3.81. The minimum atomic E-state index is 0.773. The summed E-state index contributed by atoms with van der Waals surface area (Å²) in [4.78, 5) is 5.14. The van der Waals surface area contributed by atoms with Gasteiger partial charge in [-0.15, -0.1) is 0 Å². The van der Waals surface area contributed by atoms with Crippen molar-refractivity contribution in [1.82, 2.24) is 15.1 Å². The predicted molar refractivity (Wildman–Crippen MR) is 87.1 cm³/mol. The molecule has 2 rings (SSSR count). The summed E-state index contributed by atoms with van der Waals surface area (Å²) in [7, 11) is 4.41. The van der Waals surface area contributed by atoms with Gasteiger partial charge in [0.1, 0.15) is 0 Å². The average molecular weight is 281 g/mol. The molecule has 2 aliphatic rings. The molecule has 2 atom stereocenters. The lowest BCUT2D eigenvalue weighted by molar-refractivity contribution is 0.0309. The minimum Gasteiger partial charge on any atom is -0.316 e. The van der Waals surface area contributed by atoms with E-state index >= 15 is 0 Å². The first-order valence-corrected chi connectivity index (χ1v) is 8.65. The topological polar surface area (TPSA) is 18.5 Å². The van der Waals surface area contributed by atoms with Crippen LogP contribution < -0.4 is 5.32 Å². The molecule has 3 nitrogen and oxygen atoms in total. The SMILES string of the molecule is CC(C)CNCC1CCC1N1CCC(CN(C)C)CC1. The van der Waals surface area contributed by atoms with Crippen LogP contribution in [0.1, 0.15) is 39.5 Å².